The molecule has 1 fully saturated rings. The fraction of sp³-hybridized carbons (Fsp3) is 0.538. The molecule has 6 heteroatoms. The van der Waals surface area contributed by atoms with Crippen LogP contribution in [0, 0.1) is 0 Å². The van der Waals surface area contributed by atoms with Gasteiger partial charge in [-0.1, -0.05) is 0 Å². The second-order valence-electron chi connectivity index (χ2n) is 5.29. The van der Waals surface area contributed by atoms with Gasteiger partial charge < -0.3 is 10.2 Å². The Balaban J connectivity index is 1.82. The quantitative estimate of drug-likeness (QED) is 0.829. The van der Waals surface area contributed by atoms with Gasteiger partial charge in [0.2, 0.25) is 0 Å². The molecule has 2 heterocycles. The van der Waals surface area contributed by atoms with E-state index in [-0.39, 0.29) is 12.6 Å². The number of nitrogens with zero attached hydrogens (tertiary/aromatic N) is 3. The molecule has 0 bridgehead atoms. The Bertz CT molecular complexity index is 591. The van der Waals surface area contributed by atoms with Gasteiger partial charge in [0.1, 0.15) is 10.1 Å². The summed E-state index contributed by atoms with van der Waals surface area (Å²) in [6.07, 6.45) is 6.68. The molecule has 19 heavy (non-hydrogen) atoms. The number of pyridine rings is 1. The van der Waals surface area contributed by atoms with Crippen molar-refractivity contribution in [2.24, 2.45) is 0 Å². The molecule has 2 aromatic heterocycles. The van der Waals surface area contributed by atoms with E-state index in [2.05, 4.69) is 26.0 Å². The first-order valence-electron chi connectivity index (χ1n) is 6.43. The first-order chi connectivity index (χ1) is 9.09. The molecule has 0 amide bonds. The van der Waals surface area contributed by atoms with Gasteiger partial charge in [-0.2, -0.15) is 5.10 Å². The third-order valence-electron chi connectivity index (χ3n) is 3.93. The van der Waals surface area contributed by atoms with Crippen LogP contribution in [0.3, 0.4) is 0 Å². The lowest BCUT2D eigenvalue weighted by molar-refractivity contribution is -0.0510. The fourth-order valence-corrected chi connectivity index (χ4v) is 3.02. The topological polar surface area (TPSA) is 71.2 Å². The first kappa shape index (κ1) is 13.0. The van der Waals surface area contributed by atoms with Crippen LogP contribution >= 0.6 is 15.9 Å². The molecule has 2 N–H and O–H groups in total. The molecule has 0 aliphatic heterocycles. The number of hydrogen-bond donors (Lipinski definition) is 2. The van der Waals surface area contributed by atoms with E-state index in [0.29, 0.717) is 12.8 Å². The highest BCUT2D eigenvalue weighted by Crippen LogP contribution is 2.35. The van der Waals surface area contributed by atoms with Crippen LogP contribution in [0.4, 0.5) is 0 Å². The van der Waals surface area contributed by atoms with Crippen LogP contribution in [0.15, 0.2) is 23.1 Å². The lowest BCUT2D eigenvalue weighted by Crippen LogP contribution is -2.38. The third kappa shape index (κ3) is 2.52. The van der Waals surface area contributed by atoms with Gasteiger partial charge in [0.05, 0.1) is 24.4 Å². The summed E-state index contributed by atoms with van der Waals surface area (Å²) < 4.78 is 2.77. The summed E-state index contributed by atoms with van der Waals surface area (Å²) in [4.78, 5) is 4.17. The Labute approximate surface area is 119 Å². The summed E-state index contributed by atoms with van der Waals surface area (Å²) in [7, 11) is 0. The maximum atomic E-state index is 10.0. The number of rotatable bonds is 2. The zero-order valence-corrected chi connectivity index (χ0v) is 12.0. The van der Waals surface area contributed by atoms with E-state index in [0.717, 1.165) is 28.3 Å². The van der Waals surface area contributed by atoms with Gasteiger partial charge in [-0.3, -0.25) is 4.68 Å². The van der Waals surface area contributed by atoms with Crippen LogP contribution in [0.25, 0.3) is 10.9 Å². The van der Waals surface area contributed by atoms with Crippen LogP contribution < -0.4 is 0 Å². The number of halogens is 1. The van der Waals surface area contributed by atoms with Gasteiger partial charge in [0.25, 0.3) is 0 Å². The molecule has 3 rings (SSSR count). The van der Waals surface area contributed by atoms with E-state index < -0.39 is 5.60 Å². The zero-order valence-electron chi connectivity index (χ0n) is 10.5. The average molecular weight is 326 g/mol. The highest BCUT2D eigenvalue weighted by Gasteiger charge is 2.33. The number of aliphatic hydroxyl groups excluding tert-OH is 1. The normalized spacial score (nSPS) is 27.8. The van der Waals surface area contributed by atoms with Crippen molar-refractivity contribution in [3.63, 3.8) is 0 Å². The molecular formula is C13H16BrN3O2. The lowest BCUT2D eigenvalue weighted by Gasteiger charge is -2.34. The summed E-state index contributed by atoms with van der Waals surface area (Å²) in [6, 6.07) is 2.24. The summed E-state index contributed by atoms with van der Waals surface area (Å²) >= 11 is 3.35. The molecular weight excluding hydrogens is 310 g/mol. The number of aromatic nitrogens is 3. The number of fused-ring (bicyclic) bond motifs is 1. The maximum absolute atomic E-state index is 10.0. The monoisotopic (exact) mass is 325 g/mol. The Morgan fingerprint density at radius 3 is 2.84 bits per heavy atom. The van der Waals surface area contributed by atoms with E-state index in [1.807, 2.05) is 16.9 Å². The highest BCUT2D eigenvalue weighted by atomic mass is 79.9. The van der Waals surface area contributed by atoms with Gasteiger partial charge in [-0.05, 0) is 47.7 Å². The van der Waals surface area contributed by atoms with Crippen molar-refractivity contribution in [1.82, 2.24) is 14.8 Å². The minimum absolute atomic E-state index is 0.155. The second kappa shape index (κ2) is 4.85. The first-order valence-corrected chi connectivity index (χ1v) is 7.23. The van der Waals surface area contributed by atoms with E-state index in [1.165, 1.54) is 0 Å². The van der Waals surface area contributed by atoms with E-state index in [4.69, 9.17) is 5.11 Å². The summed E-state index contributed by atoms with van der Waals surface area (Å²) in [5, 5.41) is 24.8. The molecule has 0 unspecified atom stereocenters. The van der Waals surface area contributed by atoms with Crippen molar-refractivity contribution in [2.75, 3.05) is 6.61 Å². The molecule has 0 aromatic carbocycles. The largest absolute Gasteiger partial charge is 0.393 e. The van der Waals surface area contributed by atoms with E-state index >= 15 is 0 Å². The minimum atomic E-state index is -0.895. The molecule has 2 aromatic rings. The second-order valence-corrected chi connectivity index (χ2v) is 6.10. The van der Waals surface area contributed by atoms with Crippen molar-refractivity contribution in [1.29, 1.82) is 0 Å². The fourth-order valence-electron chi connectivity index (χ4n) is 2.67. The number of hydrogen-bond acceptors (Lipinski definition) is 4. The zero-order chi connectivity index (χ0) is 13.5. The molecule has 1 aliphatic carbocycles. The SMILES string of the molecule is OCC1(O)CCC(n2cc3cc(Br)ncc3n2)CC1. The third-order valence-corrected chi connectivity index (χ3v) is 4.36. The van der Waals surface area contributed by atoms with Gasteiger partial charge in [0.15, 0.2) is 0 Å². The van der Waals surface area contributed by atoms with Crippen molar-refractivity contribution in [3.05, 3.63) is 23.1 Å². The van der Waals surface area contributed by atoms with Crippen molar-refractivity contribution >= 4 is 26.8 Å². The molecule has 0 spiro atoms. The van der Waals surface area contributed by atoms with Crippen LogP contribution in [-0.4, -0.2) is 37.2 Å². The van der Waals surface area contributed by atoms with Crippen LogP contribution in [0.5, 0.6) is 0 Å². The number of aliphatic hydroxyl groups is 2. The summed E-state index contributed by atoms with van der Waals surface area (Å²) in [6.45, 7) is -0.155. The summed E-state index contributed by atoms with van der Waals surface area (Å²) in [5.41, 5.74) is -0.0144. The minimum Gasteiger partial charge on any atom is -0.393 e. The van der Waals surface area contributed by atoms with E-state index in [9.17, 15) is 5.11 Å². The van der Waals surface area contributed by atoms with Crippen molar-refractivity contribution in [2.45, 2.75) is 37.3 Å². The van der Waals surface area contributed by atoms with Crippen molar-refractivity contribution in [3.8, 4) is 0 Å². The molecule has 5 nitrogen and oxygen atoms in total. The van der Waals surface area contributed by atoms with Gasteiger partial charge in [0, 0.05) is 11.6 Å². The Morgan fingerprint density at radius 1 is 1.42 bits per heavy atom. The molecule has 0 atom stereocenters. The average Bonchev–Trinajstić information content (AvgIpc) is 2.82. The van der Waals surface area contributed by atoms with Crippen molar-refractivity contribution < 1.29 is 10.2 Å². The standard InChI is InChI=1S/C13H16BrN3O2/c14-12-5-9-7-17(16-11(9)6-15-12)10-1-3-13(19,8-18)4-2-10/h5-7,10,18-19H,1-4,8H2. The predicted octanol–water partition coefficient (Wildman–Crippen LogP) is 2.03. The van der Waals surface area contributed by atoms with Crippen LogP contribution in [0.2, 0.25) is 0 Å². The highest BCUT2D eigenvalue weighted by molar-refractivity contribution is 9.10. The Hall–Kier alpha value is -0.980. The van der Waals surface area contributed by atoms with Gasteiger partial charge in [-0.25, -0.2) is 4.98 Å². The van der Waals surface area contributed by atoms with Gasteiger partial charge >= 0.3 is 0 Å². The molecule has 0 saturated heterocycles. The molecule has 0 radical (unpaired) electrons. The molecule has 102 valence electrons. The van der Waals surface area contributed by atoms with Crippen LogP contribution in [0.1, 0.15) is 31.7 Å². The predicted molar refractivity (Wildman–Crippen MR) is 74.8 cm³/mol. The van der Waals surface area contributed by atoms with E-state index in [1.54, 1.807) is 6.20 Å². The van der Waals surface area contributed by atoms with Crippen LogP contribution in [-0.2, 0) is 0 Å². The maximum Gasteiger partial charge on any atom is 0.111 e. The summed E-state index contributed by atoms with van der Waals surface area (Å²) in [5.74, 6) is 0. The lowest BCUT2D eigenvalue weighted by atomic mass is 9.83. The smallest absolute Gasteiger partial charge is 0.111 e. The molecule has 1 aliphatic rings. The van der Waals surface area contributed by atoms with Gasteiger partial charge in [-0.15, -0.1) is 0 Å². The Kier molecular flexibility index (Phi) is 3.32. The molecule has 1 saturated carbocycles. The Morgan fingerprint density at radius 2 is 2.16 bits per heavy atom.